The molecular weight excluding hydrogens is 188 g/mol. The van der Waals surface area contributed by atoms with Crippen LogP contribution in [0.1, 0.15) is 17.5 Å². The van der Waals surface area contributed by atoms with E-state index < -0.39 is 0 Å². The van der Waals surface area contributed by atoms with Crippen LogP contribution in [0.15, 0.2) is 18.2 Å². The lowest BCUT2D eigenvalue weighted by atomic mass is 10.1. The van der Waals surface area contributed by atoms with Crippen molar-refractivity contribution in [3.63, 3.8) is 0 Å². The fraction of sp³-hybridized carbons (Fsp3) is 0.500. The highest BCUT2D eigenvalue weighted by atomic mass is 16.5. The summed E-state index contributed by atoms with van der Waals surface area (Å²) in [6, 6.07) is 6.29. The Morgan fingerprint density at radius 1 is 1.40 bits per heavy atom. The first-order valence-electron chi connectivity index (χ1n) is 5.43. The van der Waals surface area contributed by atoms with Crippen molar-refractivity contribution in [1.82, 2.24) is 4.90 Å². The summed E-state index contributed by atoms with van der Waals surface area (Å²) in [5.74, 6) is 1.03. The number of rotatable bonds is 4. The average molecular weight is 206 g/mol. The Kier molecular flexibility index (Phi) is 3.23. The molecule has 0 saturated carbocycles. The number of hydrogen-bond acceptors (Lipinski definition) is 3. The predicted octanol–water partition coefficient (Wildman–Crippen LogP) is 1.36. The van der Waals surface area contributed by atoms with Crippen LogP contribution in [0.25, 0.3) is 0 Å². The zero-order chi connectivity index (χ0) is 10.7. The van der Waals surface area contributed by atoms with E-state index in [1.165, 1.54) is 11.1 Å². The maximum atomic E-state index is 5.73. The second-order valence-electron chi connectivity index (χ2n) is 4.06. The third-order valence-electron chi connectivity index (χ3n) is 2.70. The molecule has 3 nitrogen and oxygen atoms in total. The van der Waals surface area contributed by atoms with Crippen LogP contribution in [0.2, 0.25) is 0 Å². The Labute approximate surface area is 90.8 Å². The lowest BCUT2D eigenvalue weighted by Gasteiger charge is -2.09. The van der Waals surface area contributed by atoms with E-state index in [0.717, 1.165) is 31.9 Å². The minimum atomic E-state index is 0.689. The third kappa shape index (κ3) is 2.30. The highest BCUT2D eigenvalue weighted by molar-refractivity contribution is 5.42. The SMILES string of the molecule is CN1Cc2cccc(OCCCN)c2C1. The first-order valence-corrected chi connectivity index (χ1v) is 5.43. The summed E-state index contributed by atoms with van der Waals surface area (Å²) >= 11 is 0. The molecule has 0 unspecified atom stereocenters. The third-order valence-corrected chi connectivity index (χ3v) is 2.70. The van der Waals surface area contributed by atoms with Gasteiger partial charge in [0, 0.05) is 18.7 Å². The van der Waals surface area contributed by atoms with Crippen LogP contribution in [-0.4, -0.2) is 25.1 Å². The number of hydrogen-bond donors (Lipinski definition) is 1. The number of benzene rings is 1. The quantitative estimate of drug-likeness (QED) is 0.756. The van der Waals surface area contributed by atoms with E-state index in [-0.39, 0.29) is 0 Å². The summed E-state index contributed by atoms with van der Waals surface area (Å²) in [6.45, 7) is 3.43. The van der Waals surface area contributed by atoms with Crippen LogP contribution in [-0.2, 0) is 13.1 Å². The summed E-state index contributed by atoms with van der Waals surface area (Å²) in [5.41, 5.74) is 8.18. The van der Waals surface area contributed by atoms with Gasteiger partial charge in [0.2, 0.25) is 0 Å². The smallest absolute Gasteiger partial charge is 0.124 e. The Morgan fingerprint density at radius 3 is 3.07 bits per heavy atom. The van der Waals surface area contributed by atoms with Crippen molar-refractivity contribution in [2.24, 2.45) is 5.73 Å². The van der Waals surface area contributed by atoms with Crippen LogP contribution in [0.5, 0.6) is 5.75 Å². The minimum Gasteiger partial charge on any atom is -0.493 e. The normalized spacial score (nSPS) is 15.3. The van der Waals surface area contributed by atoms with Crippen LogP contribution in [0.3, 0.4) is 0 Å². The predicted molar refractivity (Wildman–Crippen MR) is 60.8 cm³/mol. The molecule has 1 heterocycles. The van der Waals surface area contributed by atoms with Crippen molar-refractivity contribution in [3.8, 4) is 5.75 Å². The van der Waals surface area contributed by atoms with Gasteiger partial charge in [-0.15, -0.1) is 0 Å². The summed E-state index contributed by atoms with van der Waals surface area (Å²) in [5, 5.41) is 0. The highest BCUT2D eigenvalue weighted by Gasteiger charge is 2.18. The van der Waals surface area contributed by atoms with Gasteiger partial charge in [-0.3, -0.25) is 4.90 Å². The molecule has 1 aliphatic rings. The van der Waals surface area contributed by atoms with Crippen molar-refractivity contribution in [1.29, 1.82) is 0 Å². The highest BCUT2D eigenvalue weighted by Crippen LogP contribution is 2.29. The topological polar surface area (TPSA) is 38.5 Å². The van der Waals surface area contributed by atoms with Gasteiger partial charge in [-0.1, -0.05) is 12.1 Å². The maximum absolute atomic E-state index is 5.73. The number of nitrogens with two attached hydrogens (primary N) is 1. The van der Waals surface area contributed by atoms with Crippen LogP contribution in [0.4, 0.5) is 0 Å². The van der Waals surface area contributed by atoms with Gasteiger partial charge in [0.15, 0.2) is 0 Å². The molecule has 0 atom stereocenters. The molecule has 3 heteroatoms. The zero-order valence-electron chi connectivity index (χ0n) is 9.20. The Hall–Kier alpha value is -1.06. The van der Waals surface area contributed by atoms with E-state index in [1.807, 2.05) is 0 Å². The molecular formula is C12H18N2O. The fourth-order valence-electron chi connectivity index (χ4n) is 1.96. The first kappa shape index (κ1) is 10.5. The molecule has 0 bridgehead atoms. The molecule has 0 spiro atoms. The molecule has 2 N–H and O–H groups in total. The van der Waals surface area contributed by atoms with E-state index in [0.29, 0.717) is 6.54 Å². The standard InChI is InChI=1S/C12H18N2O/c1-14-8-10-4-2-5-12(11(10)9-14)15-7-3-6-13/h2,4-5H,3,6-9,13H2,1H3. The summed E-state index contributed by atoms with van der Waals surface area (Å²) in [4.78, 5) is 2.29. The molecule has 1 aliphatic heterocycles. The van der Waals surface area contributed by atoms with Crippen LogP contribution < -0.4 is 10.5 Å². The number of ether oxygens (including phenoxy) is 1. The summed E-state index contributed by atoms with van der Waals surface area (Å²) in [7, 11) is 2.13. The number of nitrogens with zero attached hydrogens (tertiary/aromatic N) is 1. The maximum Gasteiger partial charge on any atom is 0.124 e. The van der Waals surface area contributed by atoms with Crippen molar-refractivity contribution < 1.29 is 4.74 Å². The second-order valence-corrected chi connectivity index (χ2v) is 4.06. The molecule has 0 aliphatic carbocycles. The largest absolute Gasteiger partial charge is 0.493 e. The van der Waals surface area contributed by atoms with Gasteiger partial charge >= 0.3 is 0 Å². The van der Waals surface area contributed by atoms with E-state index in [2.05, 4.69) is 30.1 Å². The Balaban J connectivity index is 2.09. The van der Waals surface area contributed by atoms with E-state index in [1.54, 1.807) is 0 Å². The van der Waals surface area contributed by atoms with Gasteiger partial charge in [0.05, 0.1) is 6.61 Å². The van der Waals surface area contributed by atoms with Gasteiger partial charge in [-0.05, 0) is 31.6 Å². The molecule has 0 saturated heterocycles. The molecule has 1 aromatic rings. The molecule has 0 amide bonds. The summed E-state index contributed by atoms with van der Waals surface area (Å²) < 4.78 is 5.73. The van der Waals surface area contributed by atoms with E-state index in [4.69, 9.17) is 10.5 Å². The summed E-state index contributed by atoms with van der Waals surface area (Å²) in [6.07, 6.45) is 0.916. The van der Waals surface area contributed by atoms with Gasteiger partial charge in [-0.25, -0.2) is 0 Å². The Bertz CT molecular complexity index is 338. The zero-order valence-corrected chi connectivity index (χ0v) is 9.20. The van der Waals surface area contributed by atoms with Gasteiger partial charge in [0.1, 0.15) is 5.75 Å². The lowest BCUT2D eigenvalue weighted by molar-refractivity contribution is 0.303. The molecule has 0 aromatic heterocycles. The van der Waals surface area contributed by atoms with Crippen LogP contribution >= 0.6 is 0 Å². The minimum absolute atomic E-state index is 0.689. The van der Waals surface area contributed by atoms with E-state index in [9.17, 15) is 0 Å². The first-order chi connectivity index (χ1) is 7.31. The molecule has 0 radical (unpaired) electrons. The molecule has 15 heavy (non-hydrogen) atoms. The van der Waals surface area contributed by atoms with Crippen molar-refractivity contribution in [2.75, 3.05) is 20.2 Å². The van der Waals surface area contributed by atoms with Crippen LogP contribution in [0, 0.1) is 0 Å². The average Bonchev–Trinajstić information content (AvgIpc) is 2.59. The number of fused-ring (bicyclic) bond motifs is 1. The van der Waals surface area contributed by atoms with Crippen molar-refractivity contribution in [2.45, 2.75) is 19.5 Å². The molecule has 1 aromatic carbocycles. The molecule has 0 fully saturated rings. The fourth-order valence-corrected chi connectivity index (χ4v) is 1.96. The van der Waals surface area contributed by atoms with Gasteiger partial charge < -0.3 is 10.5 Å². The lowest BCUT2D eigenvalue weighted by Crippen LogP contribution is -2.09. The van der Waals surface area contributed by atoms with E-state index >= 15 is 0 Å². The van der Waals surface area contributed by atoms with Gasteiger partial charge in [0.25, 0.3) is 0 Å². The molecule has 82 valence electrons. The molecule has 2 rings (SSSR count). The van der Waals surface area contributed by atoms with Crippen molar-refractivity contribution >= 4 is 0 Å². The second kappa shape index (κ2) is 4.64. The monoisotopic (exact) mass is 206 g/mol. The Morgan fingerprint density at radius 2 is 2.27 bits per heavy atom. The van der Waals surface area contributed by atoms with Gasteiger partial charge in [-0.2, -0.15) is 0 Å². The van der Waals surface area contributed by atoms with Crippen molar-refractivity contribution in [3.05, 3.63) is 29.3 Å².